The van der Waals surface area contributed by atoms with Crippen molar-refractivity contribution in [3.8, 4) is 0 Å². The van der Waals surface area contributed by atoms with E-state index in [1.165, 1.54) is 4.90 Å². The topological polar surface area (TPSA) is 68.0 Å². The first-order chi connectivity index (χ1) is 8.10. The largest absolute Gasteiger partial charge is 0.389 e. The van der Waals surface area contributed by atoms with E-state index in [-0.39, 0.29) is 6.04 Å². The Morgan fingerprint density at radius 3 is 2.22 bits per heavy atom. The van der Waals surface area contributed by atoms with Crippen LogP contribution in [-0.2, 0) is 14.6 Å². The number of aliphatic hydroxyl groups is 1. The fraction of sp³-hybridized carbons (Fsp3) is 1.00. The van der Waals surface area contributed by atoms with Crippen molar-refractivity contribution >= 4 is 9.84 Å². The summed E-state index contributed by atoms with van der Waals surface area (Å²) in [4.78, 5) is 1.24. The highest BCUT2D eigenvalue weighted by Crippen LogP contribution is 2.43. The van der Waals surface area contributed by atoms with E-state index in [4.69, 9.17) is 4.74 Å². The van der Waals surface area contributed by atoms with Crippen molar-refractivity contribution in [2.24, 2.45) is 0 Å². The van der Waals surface area contributed by atoms with Crippen molar-refractivity contribution in [1.29, 1.82) is 0 Å². The molecule has 0 saturated carbocycles. The van der Waals surface area contributed by atoms with Gasteiger partial charge in [-0.15, -0.1) is 0 Å². The van der Waals surface area contributed by atoms with Gasteiger partial charge in [0.1, 0.15) is 29.1 Å². The minimum Gasteiger partial charge on any atom is -0.389 e. The maximum atomic E-state index is 12.4. The van der Waals surface area contributed by atoms with E-state index in [1.807, 2.05) is 0 Å². The normalized spacial score (nSPS) is 36.1. The molecule has 6 heteroatoms. The highest BCUT2D eigenvalue weighted by molar-refractivity contribution is 7.95. The summed E-state index contributed by atoms with van der Waals surface area (Å²) in [6, 6.07) is -0.0496. The Hall–Kier alpha value is -0.170. The van der Waals surface area contributed by atoms with Gasteiger partial charge in [-0.25, -0.2) is 8.42 Å². The molecule has 18 heavy (non-hydrogen) atoms. The van der Waals surface area contributed by atoms with E-state index >= 15 is 0 Å². The van der Waals surface area contributed by atoms with Crippen molar-refractivity contribution < 1.29 is 23.2 Å². The molecule has 2 saturated heterocycles. The molecule has 0 amide bonds. The van der Waals surface area contributed by atoms with Crippen molar-refractivity contribution in [2.45, 2.75) is 49.3 Å². The summed E-state index contributed by atoms with van der Waals surface area (Å²) < 4.78 is 29.3. The van der Waals surface area contributed by atoms with Crippen molar-refractivity contribution in [1.82, 2.24) is 0 Å². The van der Waals surface area contributed by atoms with Crippen LogP contribution in [0.25, 0.3) is 0 Å². The van der Waals surface area contributed by atoms with Crippen LogP contribution in [0, 0.1) is 0 Å². The van der Waals surface area contributed by atoms with Crippen LogP contribution < -0.4 is 4.90 Å². The average molecular weight is 278 g/mol. The summed E-state index contributed by atoms with van der Waals surface area (Å²) in [5.41, 5.74) is -1.19. The van der Waals surface area contributed by atoms with Crippen LogP contribution in [-0.4, -0.2) is 61.5 Å². The van der Waals surface area contributed by atoms with Gasteiger partial charge in [-0.3, -0.25) is 0 Å². The zero-order valence-corrected chi connectivity index (χ0v) is 12.4. The monoisotopic (exact) mass is 278 g/mol. The zero-order chi connectivity index (χ0) is 13.8. The molecular weight excluding hydrogens is 254 g/mol. The molecule has 0 unspecified atom stereocenters. The molecule has 2 aliphatic heterocycles. The third-order valence-electron chi connectivity index (χ3n) is 4.39. The molecule has 5 nitrogen and oxygen atoms in total. The van der Waals surface area contributed by atoms with Crippen LogP contribution in [0.2, 0.25) is 0 Å². The maximum Gasteiger partial charge on any atom is 0.172 e. The summed E-state index contributed by atoms with van der Waals surface area (Å²) in [5, 5.41) is 9.51. The summed E-state index contributed by atoms with van der Waals surface area (Å²) in [6.45, 7) is 9.71. The number of morpholine rings is 1. The van der Waals surface area contributed by atoms with Crippen LogP contribution in [0.1, 0.15) is 27.7 Å². The van der Waals surface area contributed by atoms with E-state index in [9.17, 15) is 13.5 Å². The SMILES string of the molecule is CC(C)(O)[C@H]1[C@H]([NH+]2CCOCC2)C(C)(C)S1(=O)=O. The molecule has 0 aliphatic carbocycles. The van der Waals surface area contributed by atoms with E-state index < -0.39 is 25.4 Å². The Morgan fingerprint density at radius 2 is 1.78 bits per heavy atom. The summed E-state index contributed by atoms with van der Waals surface area (Å²) in [7, 11) is -3.27. The zero-order valence-electron chi connectivity index (χ0n) is 11.6. The van der Waals surface area contributed by atoms with Crippen molar-refractivity contribution in [3.05, 3.63) is 0 Å². The first-order valence-electron chi connectivity index (χ1n) is 6.48. The standard InChI is InChI=1S/C12H23NO4S/c1-11(2,14)10-9(12(3,4)18(10,15)16)13-5-7-17-8-6-13/h9-10,14H,5-8H2,1-4H3/p+1/t9-,10+/m0/s1. The molecular formula is C12H24NO4S+. The van der Waals surface area contributed by atoms with Crippen molar-refractivity contribution in [3.63, 3.8) is 0 Å². The predicted molar refractivity (Wildman–Crippen MR) is 68.4 cm³/mol. The first kappa shape index (κ1) is 14.2. The van der Waals surface area contributed by atoms with Crippen LogP contribution in [0.5, 0.6) is 0 Å². The molecule has 0 aromatic heterocycles. The number of rotatable bonds is 2. The number of quaternary nitrogens is 1. The van der Waals surface area contributed by atoms with Crippen LogP contribution in [0.4, 0.5) is 0 Å². The Kier molecular flexibility index (Phi) is 3.29. The van der Waals surface area contributed by atoms with Gasteiger partial charge in [0, 0.05) is 0 Å². The van der Waals surface area contributed by atoms with Gasteiger partial charge in [0.25, 0.3) is 0 Å². The minimum atomic E-state index is -3.27. The molecule has 0 bridgehead atoms. The summed E-state index contributed by atoms with van der Waals surface area (Å²) >= 11 is 0. The average Bonchev–Trinajstić information content (AvgIpc) is 2.24. The molecule has 2 aliphatic rings. The molecule has 2 rings (SSSR count). The molecule has 0 radical (unpaired) electrons. The lowest BCUT2D eigenvalue weighted by Crippen LogP contribution is -3.23. The fourth-order valence-corrected chi connectivity index (χ4v) is 6.15. The lowest BCUT2D eigenvalue weighted by molar-refractivity contribution is -0.937. The number of nitrogens with one attached hydrogen (secondary N) is 1. The highest BCUT2D eigenvalue weighted by Gasteiger charge is 2.70. The van der Waals surface area contributed by atoms with Crippen LogP contribution in [0.15, 0.2) is 0 Å². The van der Waals surface area contributed by atoms with Crippen LogP contribution in [0.3, 0.4) is 0 Å². The van der Waals surface area contributed by atoms with Gasteiger partial charge in [-0.05, 0) is 27.7 Å². The third kappa shape index (κ3) is 1.90. The Morgan fingerprint density at radius 1 is 1.28 bits per heavy atom. The number of hydrogen-bond donors (Lipinski definition) is 2. The molecule has 106 valence electrons. The lowest BCUT2D eigenvalue weighted by Gasteiger charge is -2.55. The van der Waals surface area contributed by atoms with Gasteiger partial charge in [0.15, 0.2) is 9.84 Å². The van der Waals surface area contributed by atoms with Gasteiger partial charge < -0.3 is 14.7 Å². The minimum absolute atomic E-state index is 0.0496. The first-order valence-corrected chi connectivity index (χ1v) is 8.03. The Balaban J connectivity index is 2.32. The second-order valence-corrected chi connectivity index (χ2v) is 9.12. The summed E-state index contributed by atoms with van der Waals surface area (Å²) in [5.74, 6) is 0. The van der Waals surface area contributed by atoms with E-state index in [1.54, 1.807) is 27.7 Å². The number of sulfone groups is 1. The second kappa shape index (κ2) is 4.16. The highest BCUT2D eigenvalue weighted by atomic mass is 32.2. The third-order valence-corrected chi connectivity index (χ3v) is 7.63. The Labute approximate surface area is 109 Å². The molecule has 2 heterocycles. The molecule has 0 spiro atoms. The smallest absolute Gasteiger partial charge is 0.172 e. The molecule has 2 fully saturated rings. The molecule has 0 aromatic carbocycles. The van der Waals surface area contributed by atoms with Gasteiger partial charge in [0.05, 0.1) is 18.8 Å². The van der Waals surface area contributed by atoms with E-state index in [0.717, 1.165) is 13.1 Å². The van der Waals surface area contributed by atoms with Crippen LogP contribution >= 0.6 is 0 Å². The van der Waals surface area contributed by atoms with Gasteiger partial charge >= 0.3 is 0 Å². The van der Waals surface area contributed by atoms with E-state index in [2.05, 4.69) is 0 Å². The number of ether oxygens (including phenoxy) is 1. The molecule has 0 aromatic rings. The van der Waals surface area contributed by atoms with Crippen molar-refractivity contribution in [2.75, 3.05) is 26.3 Å². The van der Waals surface area contributed by atoms with Gasteiger partial charge in [-0.2, -0.15) is 0 Å². The second-order valence-electron chi connectivity index (χ2n) is 6.47. The Bertz CT molecular complexity index is 418. The fourth-order valence-electron chi connectivity index (χ4n) is 3.41. The quantitative estimate of drug-likeness (QED) is 0.653. The molecule has 2 N–H and O–H groups in total. The van der Waals surface area contributed by atoms with E-state index in [0.29, 0.717) is 13.2 Å². The lowest BCUT2D eigenvalue weighted by atomic mass is 9.87. The molecule has 2 atom stereocenters. The van der Waals surface area contributed by atoms with Gasteiger partial charge in [-0.1, -0.05) is 0 Å². The summed E-state index contributed by atoms with van der Waals surface area (Å²) in [6.07, 6.45) is 0. The number of hydrogen-bond acceptors (Lipinski definition) is 4. The predicted octanol–water partition coefficient (Wildman–Crippen LogP) is -1.38. The van der Waals surface area contributed by atoms with Gasteiger partial charge in [0.2, 0.25) is 0 Å². The maximum absolute atomic E-state index is 12.4.